The van der Waals surface area contributed by atoms with E-state index in [2.05, 4.69) is 20.3 Å². The molecule has 2 aromatic heterocycles. The van der Waals surface area contributed by atoms with Gasteiger partial charge in [-0.1, -0.05) is 35.5 Å². The Morgan fingerprint density at radius 2 is 1.91 bits per heavy atom. The number of nitrogens with zero attached hydrogens (tertiary/aromatic N) is 2. The highest BCUT2D eigenvalue weighted by atomic mass is 35.5. The van der Waals surface area contributed by atoms with E-state index in [1.165, 1.54) is 11.8 Å². The Morgan fingerprint density at radius 3 is 2.74 bits per heavy atom. The lowest BCUT2D eigenvalue weighted by Gasteiger charge is -2.29. The lowest BCUT2D eigenvalue weighted by molar-refractivity contribution is -0.121. The van der Waals surface area contributed by atoms with Gasteiger partial charge in [0.15, 0.2) is 5.16 Å². The highest BCUT2D eigenvalue weighted by molar-refractivity contribution is 7.99. The Morgan fingerprint density at radius 1 is 1.12 bits per heavy atom. The number of benzene rings is 2. The largest absolute Gasteiger partial charge is 0.353 e. The molecule has 0 unspecified atom stereocenters. The molecule has 0 spiro atoms. The van der Waals surface area contributed by atoms with E-state index >= 15 is 0 Å². The predicted molar refractivity (Wildman–Crippen MR) is 135 cm³/mol. The zero-order valence-electron chi connectivity index (χ0n) is 18.3. The molecule has 0 aliphatic heterocycles. The second kappa shape index (κ2) is 9.68. The van der Waals surface area contributed by atoms with E-state index in [4.69, 9.17) is 11.6 Å². The topological polar surface area (TPSA) is 113 Å². The van der Waals surface area contributed by atoms with Gasteiger partial charge in [0.25, 0.3) is 5.56 Å². The quantitative estimate of drug-likeness (QED) is 0.275. The van der Waals surface area contributed by atoms with Crippen LogP contribution in [0.2, 0.25) is 5.02 Å². The van der Waals surface area contributed by atoms with Crippen molar-refractivity contribution < 1.29 is 4.79 Å². The Bertz CT molecular complexity index is 1470. The maximum absolute atomic E-state index is 12.5. The summed E-state index contributed by atoms with van der Waals surface area (Å²) in [5, 5.41) is 4.78. The number of fused-ring (bicyclic) bond motifs is 2. The number of imidazole rings is 1. The van der Waals surface area contributed by atoms with Crippen molar-refractivity contribution in [1.29, 1.82) is 0 Å². The fourth-order valence-electron chi connectivity index (χ4n) is 4.62. The summed E-state index contributed by atoms with van der Waals surface area (Å²) in [6.45, 7) is 0. The first kappa shape index (κ1) is 22.7. The first-order chi connectivity index (χ1) is 16.5. The summed E-state index contributed by atoms with van der Waals surface area (Å²) < 4.78 is 1.82. The van der Waals surface area contributed by atoms with Gasteiger partial charge in [-0.3, -0.25) is 14.2 Å². The van der Waals surface area contributed by atoms with Gasteiger partial charge in [-0.25, -0.2) is 9.78 Å². The van der Waals surface area contributed by atoms with Gasteiger partial charge in [-0.05, 0) is 56.0 Å². The van der Waals surface area contributed by atoms with Crippen LogP contribution in [-0.4, -0.2) is 37.2 Å². The summed E-state index contributed by atoms with van der Waals surface area (Å²) in [4.78, 5) is 47.2. The maximum atomic E-state index is 12.5. The Kier molecular flexibility index (Phi) is 6.47. The molecule has 1 aliphatic rings. The number of hydrogen-bond acceptors (Lipinski definition) is 5. The minimum absolute atomic E-state index is 0.0158. The zero-order valence-corrected chi connectivity index (χ0v) is 19.9. The van der Waals surface area contributed by atoms with Crippen LogP contribution in [-0.2, 0) is 4.79 Å². The molecule has 4 aromatic rings. The minimum Gasteiger partial charge on any atom is -0.353 e. The van der Waals surface area contributed by atoms with Crippen molar-refractivity contribution in [2.45, 2.75) is 49.3 Å². The second-order valence-corrected chi connectivity index (χ2v) is 10.0. The van der Waals surface area contributed by atoms with E-state index in [0.29, 0.717) is 33.3 Å². The van der Waals surface area contributed by atoms with E-state index in [1.54, 1.807) is 30.3 Å². The minimum atomic E-state index is -0.174. The molecule has 0 atom stereocenters. The summed E-state index contributed by atoms with van der Waals surface area (Å²) in [6.07, 6.45) is 3.60. The summed E-state index contributed by atoms with van der Waals surface area (Å²) in [7, 11) is 0. The average molecular weight is 498 g/mol. The van der Waals surface area contributed by atoms with Crippen LogP contribution < -0.4 is 16.6 Å². The van der Waals surface area contributed by atoms with Gasteiger partial charge in [0.2, 0.25) is 5.91 Å². The number of rotatable bonds is 6. The molecule has 0 saturated heterocycles. The number of para-hydroxylation sites is 1. The summed E-state index contributed by atoms with van der Waals surface area (Å²) in [5.41, 5.74) is 1.95. The predicted octanol–water partition coefficient (Wildman–Crippen LogP) is 4.00. The SMILES string of the molecule is O=C(CCSc1nc2ccccc2c(=O)[nH]1)N[C@H]1CC[C@H](n2c(=O)[nH]c3cc(Cl)ccc32)CC1. The molecule has 10 heteroatoms. The van der Waals surface area contributed by atoms with Crippen LogP contribution in [0.1, 0.15) is 38.1 Å². The number of aromatic nitrogens is 4. The molecule has 0 bridgehead atoms. The molecule has 1 aliphatic carbocycles. The first-order valence-corrected chi connectivity index (χ1v) is 12.7. The first-order valence-electron chi connectivity index (χ1n) is 11.3. The van der Waals surface area contributed by atoms with Gasteiger partial charge in [0.05, 0.1) is 21.9 Å². The summed E-state index contributed by atoms with van der Waals surface area (Å²) >= 11 is 7.41. The average Bonchev–Trinajstić information content (AvgIpc) is 3.14. The monoisotopic (exact) mass is 497 g/mol. The molecule has 1 amide bonds. The van der Waals surface area contributed by atoms with Gasteiger partial charge in [0, 0.05) is 29.3 Å². The Balaban J connectivity index is 1.12. The molecule has 5 rings (SSSR count). The lowest BCUT2D eigenvalue weighted by atomic mass is 9.91. The Hall–Kier alpha value is -3.04. The van der Waals surface area contributed by atoms with E-state index in [-0.39, 0.29) is 29.2 Å². The number of H-pyrrole nitrogens is 2. The zero-order chi connectivity index (χ0) is 23.7. The molecule has 3 N–H and O–H groups in total. The van der Waals surface area contributed by atoms with Crippen LogP contribution in [0.25, 0.3) is 21.9 Å². The molecule has 1 saturated carbocycles. The number of hydrogen-bond donors (Lipinski definition) is 3. The van der Waals surface area contributed by atoms with Crippen LogP contribution in [0.15, 0.2) is 57.2 Å². The molecular formula is C24H24ClN5O3S. The van der Waals surface area contributed by atoms with Crippen molar-refractivity contribution >= 4 is 51.2 Å². The molecule has 34 heavy (non-hydrogen) atoms. The van der Waals surface area contributed by atoms with Crippen LogP contribution in [0.4, 0.5) is 0 Å². The Labute approximate surface area is 204 Å². The number of halogens is 1. The van der Waals surface area contributed by atoms with E-state index < -0.39 is 0 Å². The highest BCUT2D eigenvalue weighted by Crippen LogP contribution is 2.30. The summed E-state index contributed by atoms with van der Waals surface area (Å²) in [6, 6.07) is 12.8. The molecular weight excluding hydrogens is 474 g/mol. The van der Waals surface area contributed by atoms with Gasteiger partial charge in [0.1, 0.15) is 0 Å². The molecule has 1 fully saturated rings. The molecule has 0 radical (unpaired) electrons. The van der Waals surface area contributed by atoms with Gasteiger partial charge >= 0.3 is 5.69 Å². The second-order valence-electron chi connectivity index (χ2n) is 8.52. The van der Waals surface area contributed by atoms with Gasteiger partial charge in [-0.2, -0.15) is 0 Å². The standard InChI is InChI=1S/C24H24ClN5O3S/c25-14-5-10-20-19(13-14)28-24(33)30(20)16-8-6-15(7-9-16)26-21(31)11-12-34-23-27-18-4-2-1-3-17(18)22(32)29-23/h1-5,10,13,15-16H,6-9,11-12H2,(H,26,31)(H,28,33)(H,27,29,32)/t15-,16-. The number of thioether (sulfide) groups is 1. The number of aromatic amines is 2. The number of carbonyl (C=O) groups is 1. The van der Waals surface area contributed by atoms with E-state index in [1.807, 2.05) is 16.7 Å². The van der Waals surface area contributed by atoms with Gasteiger partial charge in [-0.15, -0.1) is 0 Å². The van der Waals surface area contributed by atoms with Crippen LogP contribution in [0.5, 0.6) is 0 Å². The van der Waals surface area contributed by atoms with E-state index in [9.17, 15) is 14.4 Å². The molecule has 2 aromatic carbocycles. The van der Waals surface area contributed by atoms with Crippen molar-refractivity contribution in [2.24, 2.45) is 0 Å². The third kappa shape index (κ3) is 4.76. The van der Waals surface area contributed by atoms with Crippen molar-refractivity contribution in [3.63, 3.8) is 0 Å². The van der Waals surface area contributed by atoms with Crippen molar-refractivity contribution in [3.8, 4) is 0 Å². The highest BCUT2D eigenvalue weighted by Gasteiger charge is 2.25. The van der Waals surface area contributed by atoms with Crippen LogP contribution >= 0.6 is 23.4 Å². The fraction of sp³-hybridized carbons (Fsp3) is 0.333. The van der Waals surface area contributed by atoms with Crippen LogP contribution in [0.3, 0.4) is 0 Å². The third-order valence-electron chi connectivity index (χ3n) is 6.26. The molecule has 176 valence electrons. The lowest BCUT2D eigenvalue weighted by Crippen LogP contribution is -2.39. The molecule has 8 nitrogen and oxygen atoms in total. The maximum Gasteiger partial charge on any atom is 0.326 e. The van der Waals surface area contributed by atoms with Crippen molar-refractivity contribution in [3.05, 3.63) is 68.3 Å². The normalized spacial score (nSPS) is 18.4. The summed E-state index contributed by atoms with van der Waals surface area (Å²) in [5.74, 6) is 0.508. The molecule has 2 heterocycles. The van der Waals surface area contributed by atoms with Crippen molar-refractivity contribution in [2.75, 3.05) is 5.75 Å². The van der Waals surface area contributed by atoms with E-state index in [0.717, 1.165) is 36.7 Å². The number of nitrogens with one attached hydrogen (secondary N) is 3. The fourth-order valence-corrected chi connectivity index (χ4v) is 5.60. The number of carbonyl (C=O) groups excluding carboxylic acids is 1. The van der Waals surface area contributed by atoms with Crippen molar-refractivity contribution in [1.82, 2.24) is 24.8 Å². The smallest absolute Gasteiger partial charge is 0.326 e. The third-order valence-corrected chi connectivity index (χ3v) is 7.37. The van der Waals surface area contributed by atoms with Gasteiger partial charge < -0.3 is 15.3 Å². The number of amides is 1. The van der Waals surface area contributed by atoms with Crippen LogP contribution in [0, 0.1) is 0 Å².